The minimum atomic E-state index is -4.53. The summed E-state index contributed by atoms with van der Waals surface area (Å²) in [5, 5.41) is 5.35. The Bertz CT molecular complexity index is 1020. The van der Waals surface area contributed by atoms with E-state index < -0.39 is 24.5 Å². The van der Waals surface area contributed by atoms with Crippen LogP contribution in [0.4, 0.5) is 18.9 Å². The average Bonchev–Trinajstić information content (AvgIpc) is 2.97. The number of hydrogen-bond donors (Lipinski definition) is 2. The number of alkyl halides is 3. The van der Waals surface area contributed by atoms with Crippen LogP contribution in [0.1, 0.15) is 20.0 Å². The van der Waals surface area contributed by atoms with Crippen molar-refractivity contribution < 1.29 is 22.8 Å². The molecule has 1 heterocycles. The van der Waals surface area contributed by atoms with Crippen LogP contribution < -0.4 is 10.6 Å². The molecule has 0 atom stereocenters. The van der Waals surface area contributed by atoms with Crippen molar-refractivity contribution in [3.63, 3.8) is 0 Å². The molecule has 0 fully saturated rings. The van der Waals surface area contributed by atoms with Crippen molar-refractivity contribution in [2.24, 2.45) is 0 Å². The van der Waals surface area contributed by atoms with Gasteiger partial charge >= 0.3 is 6.18 Å². The third kappa shape index (κ3) is 4.40. The Morgan fingerprint density at radius 1 is 1.00 bits per heavy atom. The highest BCUT2D eigenvalue weighted by Gasteiger charge is 2.28. The number of benzene rings is 2. The molecule has 0 spiro atoms. The van der Waals surface area contributed by atoms with E-state index >= 15 is 0 Å². The topological polar surface area (TPSA) is 58.2 Å². The third-order valence-electron chi connectivity index (χ3n) is 3.61. The van der Waals surface area contributed by atoms with Crippen LogP contribution in [0.15, 0.2) is 48.5 Å². The van der Waals surface area contributed by atoms with Crippen LogP contribution in [-0.4, -0.2) is 24.5 Å². The zero-order chi connectivity index (χ0) is 19.6. The molecule has 0 unspecified atom stereocenters. The molecule has 2 aromatic carbocycles. The number of anilines is 1. The number of carbonyl (C=O) groups is 2. The van der Waals surface area contributed by atoms with Crippen molar-refractivity contribution in [3.05, 3.63) is 64.0 Å². The van der Waals surface area contributed by atoms with E-state index in [1.54, 1.807) is 23.5 Å². The number of amides is 2. The maximum Gasteiger partial charge on any atom is 0.405 e. The lowest BCUT2D eigenvalue weighted by Crippen LogP contribution is -2.34. The first-order chi connectivity index (χ1) is 12.8. The van der Waals surface area contributed by atoms with E-state index in [1.807, 2.05) is 12.1 Å². The molecular formula is C18H12ClF3N2O2S. The highest BCUT2D eigenvalue weighted by molar-refractivity contribution is 7.21. The monoisotopic (exact) mass is 412 g/mol. The lowest BCUT2D eigenvalue weighted by Gasteiger charge is -2.12. The molecule has 2 N–H and O–H groups in total. The number of thiophene rings is 1. The molecule has 9 heteroatoms. The molecule has 140 valence electrons. The van der Waals surface area contributed by atoms with Crippen LogP contribution in [0, 0.1) is 0 Å². The SMILES string of the molecule is O=C(NCC(F)(F)F)c1ccccc1NC(=O)c1sc2ccccc2c1Cl. The average molecular weight is 413 g/mol. The van der Waals surface area contributed by atoms with Gasteiger partial charge in [0.15, 0.2) is 0 Å². The number of hydrogen-bond acceptors (Lipinski definition) is 3. The van der Waals surface area contributed by atoms with Gasteiger partial charge in [0, 0.05) is 10.1 Å². The third-order valence-corrected chi connectivity index (χ3v) is 5.28. The molecule has 4 nitrogen and oxygen atoms in total. The summed E-state index contributed by atoms with van der Waals surface area (Å²) in [7, 11) is 0. The minimum Gasteiger partial charge on any atom is -0.343 e. The largest absolute Gasteiger partial charge is 0.405 e. The van der Waals surface area contributed by atoms with E-state index in [0.29, 0.717) is 0 Å². The van der Waals surface area contributed by atoms with E-state index in [9.17, 15) is 22.8 Å². The smallest absolute Gasteiger partial charge is 0.343 e. The van der Waals surface area contributed by atoms with E-state index in [0.717, 1.165) is 10.1 Å². The second kappa shape index (κ2) is 7.58. The second-order valence-electron chi connectivity index (χ2n) is 5.54. The van der Waals surface area contributed by atoms with Gasteiger partial charge in [-0.05, 0) is 18.2 Å². The zero-order valence-electron chi connectivity index (χ0n) is 13.6. The van der Waals surface area contributed by atoms with Crippen LogP contribution in [0.3, 0.4) is 0 Å². The van der Waals surface area contributed by atoms with Gasteiger partial charge in [-0.15, -0.1) is 11.3 Å². The number of fused-ring (bicyclic) bond motifs is 1. The molecule has 3 aromatic rings. The number of halogens is 4. The normalized spacial score (nSPS) is 11.4. The fourth-order valence-corrected chi connectivity index (χ4v) is 3.82. The fourth-order valence-electron chi connectivity index (χ4n) is 2.40. The van der Waals surface area contributed by atoms with E-state index in [-0.39, 0.29) is 21.2 Å². The molecule has 0 aliphatic carbocycles. The molecule has 0 aliphatic rings. The standard InChI is InChI=1S/C18H12ClF3N2O2S/c19-14-11-6-2-4-8-13(11)27-15(14)17(26)24-12-7-3-1-5-10(12)16(25)23-9-18(20,21)22/h1-8H,9H2,(H,23,25)(H,24,26). The number of carbonyl (C=O) groups excluding carboxylic acids is 2. The second-order valence-corrected chi connectivity index (χ2v) is 6.97. The number of para-hydroxylation sites is 1. The fraction of sp³-hybridized carbons (Fsp3) is 0.111. The van der Waals surface area contributed by atoms with Crippen molar-refractivity contribution in [3.8, 4) is 0 Å². The Morgan fingerprint density at radius 3 is 2.37 bits per heavy atom. The molecule has 27 heavy (non-hydrogen) atoms. The summed E-state index contributed by atoms with van der Waals surface area (Å²) in [5.41, 5.74) is 0.0167. The highest BCUT2D eigenvalue weighted by Crippen LogP contribution is 2.35. The molecule has 3 rings (SSSR count). The summed E-state index contributed by atoms with van der Waals surface area (Å²) >= 11 is 7.45. The molecular weight excluding hydrogens is 401 g/mol. The first-order valence-electron chi connectivity index (χ1n) is 7.68. The van der Waals surface area contributed by atoms with Crippen LogP contribution in [0.5, 0.6) is 0 Å². The van der Waals surface area contributed by atoms with Gasteiger partial charge in [0.2, 0.25) is 0 Å². The van der Waals surface area contributed by atoms with Gasteiger partial charge in [0.1, 0.15) is 11.4 Å². The van der Waals surface area contributed by atoms with Gasteiger partial charge < -0.3 is 10.6 Å². The van der Waals surface area contributed by atoms with E-state index in [4.69, 9.17) is 11.6 Å². The predicted octanol–water partition coefficient (Wildman–Crippen LogP) is 5.10. The minimum absolute atomic E-state index is 0.0765. The molecule has 1 aromatic heterocycles. The zero-order valence-corrected chi connectivity index (χ0v) is 15.1. The van der Waals surface area contributed by atoms with Crippen LogP contribution in [0.2, 0.25) is 5.02 Å². The Kier molecular flexibility index (Phi) is 5.38. The summed E-state index contributed by atoms with van der Waals surface area (Å²) in [4.78, 5) is 24.9. The van der Waals surface area contributed by atoms with Gasteiger partial charge in [-0.2, -0.15) is 13.2 Å². The van der Waals surface area contributed by atoms with Crippen molar-refractivity contribution in [1.82, 2.24) is 5.32 Å². The quantitative estimate of drug-likeness (QED) is 0.626. The lowest BCUT2D eigenvalue weighted by molar-refractivity contribution is -0.123. The maximum absolute atomic E-state index is 12.6. The van der Waals surface area contributed by atoms with Gasteiger partial charge in [0.05, 0.1) is 16.3 Å². The molecule has 2 amide bonds. The highest BCUT2D eigenvalue weighted by atomic mass is 35.5. The van der Waals surface area contributed by atoms with Gasteiger partial charge in [0.25, 0.3) is 11.8 Å². The Balaban J connectivity index is 1.84. The summed E-state index contributed by atoms with van der Waals surface area (Å²) in [5.74, 6) is -1.48. The molecule has 0 saturated heterocycles. The Morgan fingerprint density at radius 2 is 1.67 bits per heavy atom. The molecule has 0 saturated carbocycles. The first kappa shape index (κ1) is 19.2. The number of nitrogens with one attached hydrogen (secondary N) is 2. The van der Waals surface area contributed by atoms with Crippen molar-refractivity contribution in [1.29, 1.82) is 0 Å². The Hall–Kier alpha value is -2.58. The molecule has 0 bridgehead atoms. The van der Waals surface area contributed by atoms with Gasteiger partial charge in [-0.25, -0.2) is 0 Å². The van der Waals surface area contributed by atoms with Crippen molar-refractivity contribution in [2.45, 2.75) is 6.18 Å². The van der Waals surface area contributed by atoms with Crippen molar-refractivity contribution >= 4 is 50.5 Å². The molecule has 0 aliphatic heterocycles. The van der Waals surface area contributed by atoms with E-state index in [2.05, 4.69) is 5.32 Å². The van der Waals surface area contributed by atoms with E-state index in [1.165, 1.54) is 29.5 Å². The lowest BCUT2D eigenvalue weighted by atomic mass is 10.1. The van der Waals surface area contributed by atoms with Gasteiger partial charge in [-0.3, -0.25) is 9.59 Å². The summed E-state index contributed by atoms with van der Waals surface area (Å²) in [6.45, 7) is -1.46. The summed E-state index contributed by atoms with van der Waals surface area (Å²) in [6.07, 6.45) is -4.53. The Labute approximate surface area is 160 Å². The predicted molar refractivity (Wildman–Crippen MR) is 99.6 cm³/mol. The first-order valence-corrected chi connectivity index (χ1v) is 8.88. The molecule has 0 radical (unpaired) electrons. The number of rotatable bonds is 4. The van der Waals surface area contributed by atoms with Crippen LogP contribution in [-0.2, 0) is 0 Å². The van der Waals surface area contributed by atoms with Crippen LogP contribution in [0.25, 0.3) is 10.1 Å². The maximum atomic E-state index is 12.6. The van der Waals surface area contributed by atoms with Gasteiger partial charge in [-0.1, -0.05) is 41.9 Å². The van der Waals surface area contributed by atoms with Crippen molar-refractivity contribution in [2.75, 3.05) is 11.9 Å². The summed E-state index contributed by atoms with van der Waals surface area (Å²) < 4.78 is 37.8. The van der Waals surface area contributed by atoms with Crippen LogP contribution >= 0.6 is 22.9 Å². The summed E-state index contributed by atoms with van der Waals surface area (Å²) in [6, 6.07) is 13.0.